The Bertz CT molecular complexity index is 569. The standard InChI is InChI=1S/C20H31FN4/c1-2-22-20(23-12-10-16-6-5-7-17(21)14-16)24-18-11-13-25(15-18)19-8-3-4-9-19/h5-7,14,18-19H,2-4,8-13,15H2,1H3,(H2,22,23,24). The van der Waals surface area contributed by atoms with Crippen LogP contribution in [0.2, 0.25) is 0 Å². The van der Waals surface area contributed by atoms with E-state index < -0.39 is 0 Å². The highest BCUT2D eigenvalue weighted by molar-refractivity contribution is 5.80. The average molecular weight is 346 g/mol. The molecule has 1 saturated carbocycles. The molecule has 0 radical (unpaired) electrons. The minimum Gasteiger partial charge on any atom is -0.357 e. The van der Waals surface area contributed by atoms with Crippen LogP contribution in [0.25, 0.3) is 0 Å². The fraction of sp³-hybridized carbons (Fsp3) is 0.650. The number of nitrogens with zero attached hydrogens (tertiary/aromatic N) is 2. The lowest BCUT2D eigenvalue weighted by Gasteiger charge is -2.24. The summed E-state index contributed by atoms with van der Waals surface area (Å²) in [4.78, 5) is 7.33. The van der Waals surface area contributed by atoms with Crippen molar-refractivity contribution >= 4 is 5.96 Å². The highest BCUT2D eigenvalue weighted by Gasteiger charge is 2.30. The number of hydrogen-bond acceptors (Lipinski definition) is 2. The zero-order valence-electron chi connectivity index (χ0n) is 15.3. The SMILES string of the molecule is CCNC(=NCCc1cccc(F)c1)NC1CCN(C2CCCC2)C1. The molecule has 2 aliphatic rings. The minimum atomic E-state index is -0.176. The number of rotatable bonds is 6. The van der Waals surface area contributed by atoms with Crippen molar-refractivity contribution in [3.05, 3.63) is 35.6 Å². The zero-order chi connectivity index (χ0) is 17.5. The fourth-order valence-electron chi connectivity index (χ4n) is 4.01. The molecule has 25 heavy (non-hydrogen) atoms. The molecule has 1 unspecified atom stereocenters. The maximum Gasteiger partial charge on any atom is 0.191 e. The van der Waals surface area contributed by atoms with Crippen molar-refractivity contribution in [3.8, 4) is 0 Å². The van der Waals surface area contributed by atoms with E-state index >= 15 is 0 Å². The summed E-state index contributed by atoms with van der Waals surface area (Å²) in [5.74, 6) is 0.710. The monoisotopic (exact) mass is 346 g/mol. The molecule has 1 aromatic rings. The summed E-state index contributed by atoms with van der Waals surface area (Å²) in [6.45, 7) is 5.93. The van der Waals surface area contributed by atoms with E-state index in [2.05, 4.69) is 27.4 Å². The summed E-state index contributed by atoms with van der Waals surface area (Å²) in [5.41, 5.74) is 0.993. The summed E-state index contributed by atoms with van der Waals surface area (Å²) < 4.78 is 13.2. The van der Waals surface area contributed by atoms with E-state index in [1.54, 1.807) is 12.1 Å². The Morgan fingerprint density at radius 2 is 2.12 bits per heavy atom. The third kappa shape index (κ3) is 5.43. The van der Waals surface area contributed by atoms with Crippen LogP contribution < -0.4 is 10.6 Å². The second-order valence-electron chi connectivity index (χ2n) is 7.20. The predicted octanol–water partition coefficient (Wildman–Crippen LogP) is 2.94. The molecule has 0 spiro atoms. The second-order valence-corrected chi connectivity index (χ2v) is 7.20. The van der Waals surface area contributed by atoms with Gasteiger partial charge >= 0.3 is 0 Å². The van der Waals surface area contributed by atoms with Crippen molar-refractivity contribution < 1.29 is 4.39 Å². The van der Waals surface area contributed by atoms with Crippen LogP contribution >= 0.6 is 0 Å². The molecule has 1 aliphatic heterocycles. The van der Waals surface area contributed by atoms with Crippen molar-refractivity contribution in [2.75, 3.05) is 26.2 Å². The average Bonchev–Trinajstić information content (AvgIpc) is 3.26. The van der Waals surface area contributed by atoms with Crippen molar-refractivity contribution in [2.45, 2.75) is 57.5 Å². The lowest BCUT2D eigenvalue weighted by molar-refractivity contribution is 0.242. The van der Waals surface area contributed by atoms with Gasteiger partial charge in [0.05, 0.1) is 0 Å². The van der Waals surface area contributed by atoms with Crippen LogP contribution in [0.4, 0.5) is 4.39 Å². The first kappa shape index (κ1) is 18.2. The van der Waals surface area contributed by atoms with Crippen LogP contribution in [0.3, 0.4) is 0 Å². The molecule has 3 rings (SSSR count). The topological polar surface area (TPSA) is 39.7 Å². The Hall–Kier alpha value is -1.62. The van der Waals surface area contributed by atoms with Gasteiger partial charge in [0.2, 0.25) is 0 Å². The summed E-state index contributed by atoms with van der Waals surface area (Å²) >= 11 is 0. The molecule has 2 fully saturated rings. The Labute approximate surface area is 150 Å². The molecule has 0 bridgehead atoms. The summed E-state index contributed by atoms with van der Waals surface area (Å²) in [5, 5.41) is 6.93. The van der Waals surface area contributed by atoms with Crippen molar-refractivity contribution in [1.82, 2.24) is 15.5 Å². The van der Waals surface area contributed by atoms with E-state index in [4.69, 9.17) is 0 Å². The van der Waals surface area contributed by atoms with E-state index in [1.165, 1.54) is 44.7 Å². The van der Waals surface area contributed by atoms with Gasteiger partial charge in [-0.2, -0.15) is 0 Å². The molecule has 1 saturated heterocycles. The van der Waals surface area contributed by atoms with Crippen LogP contribution in [0.1, 0.15) is 44.6 Å². The number of hydrogen-bond donors (Lipinski definition) is 2. The Morgan fingerprint density at radius 1 is 1.28 bits per heavy atom. The zero-order valence-corrected chi connectivity index (χ0v) is 15.3. The van der Waals surface area contributed by atoms with Gasteiger partial charge in [0, 0.05) is 38.3 Å². The molecular formula is C20H31FN4. The Balaban J connectivity index is 1.48. The number of guanidine groups is 1. The van der Waals surface area contributed by atoms with E-state index in [0.29, 0.717) is 12.6 Å². The molecular weight excluding hydrogens is 315 g/mol. The lowest BCUT2D eigenvalue weighted by Crippen LogP contribution is -2.45. The Morgan fingerprint density at radius 3 is 2.88 bits per heavy atom. The Kier molecular flexibility index (Phi) is 6.68. The third-order valence-electron chi connectivity index (χ3n) is 5.31. The van der Waals surface area contributed by atoms with Gasteiger partial charge < -0.3 is 10.6 Å². The molecule has 5 heteroatoms. The number of benzene rings is 1. The van der Waals surface area contributed by atoms with E-state index in [-0.39, 0.29) is 5.82 Å². The molecule has 0 aromatic heterocycles. The van der Waals surface area contributed by atoms with E-state index in [0.717, 1.165) is 37.1 Å². The summed E-state index contributed by atoms with van der Waals surface area (Å²) in [6, 6.07) is 8.07. The first-order valence-corrected chi connectivity index (χ1v) is 9.78. The predicted molar refractivity (Wildman–Crippen MR) is 101 cm³/mol. The minimum absolute atomic E-state index is 0.176. The van der Waals surface area contributed by atoms with Gasteiger partial charge in [-0.15, -0.1) is 0 Å². The van der Waals surface area contributed by atoms with Crippen LogP contribution in [0, 0.1) is 5.82 Å². The number of nitrogens with one attached hydrogen (secondary N) is 2. The molecule has 1 aliphatic carbocycles. The number of likely N-dealkylation sites (tertiary alicyclic amines) is 1. The van der Waals surface area contributed by atoms with E-state index in [1.807, 2.05) is 6.07 Å². The fourth-order valence-corrected chi connectivity index (χ4v) is 4.01. The van der Waals surface area contributed by atoms with Crippen LogP contribution in [-0.2, 0) is 6.42 Å². The van der Waals surface area contributed by atoms with Gasteiger partial charge in [-0.1, -0.05) is 25.0 Å². The number of aliphatic imine (C=N–C) groups is 1. The quantitative estimate of drug-likeness (QED) is 0.614. The molecule has 2 N–H and O–H groups in total. The van der Waals surface area contributed by atoms with Crippen molar-refractivity contribution in [3.63, 3.8) is 0 Å². The van der Waals surface area contributed by atoms with Gasteiger partial charge in [0.15, 0.2) is 5.96 Å². The lowest BCUT2D eigenvalue weighted by atomic mass is 10.1. The molecule has 1 atom stereocenters. The highest BCUT2D eigenvalue weighted by atomic mass is 19.1. The normalized spacial score (nSPS) is 22.5. The van der Waals surface area contributed by atoms with E-state index in [9.17, 15) is 4.39 Å². The smallest absolute Gasteiger partial charge is 0.191 e. The molecule has 1 aromatic carbocycles. The van der Waals surface area contributed by atoms with Crippen LogP contribution in [0.15, 0.2) is 29.3 Å². The van der Waals surface area contributed by atoms with Crippen LogP contribution in [-0.4, -0.2) is 49.1 Å². The largest absolute Gasteiger partial charge is 0.357 e. The molecule has 138 valence electrons. The number of halogens is 1. The first-order chi connectivity index (χ1) is 12.2. The van der Waals surface area contributed by atoms with Gasteiger partial charge in [-0.3, -0.25) is 9.89 Å². The van der Waals surface area contributed by atoms with Crippen molar-refractivity contribution in [1.29, 1.82) is 0 Å². The summed E-state index contributed by atoms with van der Waals surface area (Å²) in [6.07, 6.45) is 7.47. The van der Waals surface area contributed by atoms with Gasteiger partial charge in [-0.05, 0) is 50.3 Å². The second kappa shape index (κ2) is 9.18. The van der Waals surface area contributed by atoms with Gasteiger partial charge in [0.25, 0.3) is 0 Å². The van der Waals surface area contributed by atoms with Crippen molar-refractivity contribution in [2.24, 2.45) is 4.99 Å². The van der Waals surface area contributed by atoms with Gasteiger partial charge in [0.1, 0.15) is 5.82 Å². The molecule has 0 amide bonds. The maximum atomic E-state index is 13.2. The van der Waals surface area contributed by atoms with Gasteiger partial charge in [-0.25, -0.2) is 4.39 Å². The molecule has 4 nitrogen and oxygen atoms in total. The third-order valence-corrected chi connectivity index (χ3v) is 5.31. The maximum absolute atomic E-state index is 13.2. The van der Waals surface area contributed by atoms with Crippen LogP contribution in [0.5, 0.6) is 0 Å². The first-order valence-electron chi connectivity index (χ1n) is 9.78. The summed E-state index contributed by atoms with van der Waals surface area (Å²) in [7, 11) is 0. The molecule has 1 heterocycles. The highest BCUT2D eigenvalue weighted by Crippen LogP contribution is 2.26.